The van der Waals surface area contributed by atoms with Crippen molar-refractivity contribution in [1.82, 2.24) is 5.32 Å². The maximum absolute atomic E-state index is 12.5. The normalized spacial score (nSPS) is 13.0. The first-order valence-electron chi connectivity index (χ1n) is 7.52. The van der Waals surface area contributed by atoms with Gasteiger partial charge < -0.3 is 14.8 Å². The molecule has 0 saturated carbocycles. The Morgan fingerprint density at radius 1 is 0.923 bits per heavy atom. The third-order valence-electron chi connectivity index (χ3n) is 3.50. The lowest BCUT2D eigenvalue weighted by atomic mass is 10.2. The predicted octanol–water partition coefficient (Wildman–Crippen LogP) is 3.44. The van der Waals surface area contributed by atoms with Crippen LogP contribution < -0.4 is 20.1 Å². The number of benzene rings is 2. The van der Waals surface area contributed by atoms with Crippen LogP contribution in [0.1, 0.15) is 15.9 Å². The molecule has 3 amide bonds. The number of rotatable bonds is 2. The molecule has 2 N–H and O–H groups in total. The van der Waals surface area contributed by atoms with Crippen molar-refractivity contribution in [2.24, 2.45) is 0 Å². The summed E-state index contributed by atoms with van der Waals surface area (Å²) in [5.41, 5.74) is -0.543. The molecule has 1 aliphatic rings. The molecule has 136 valence electrons. The predicted molar refractivity (Wildman–Crippen MR) is 85.4 cm³/mol. The quantitative estimate of drug-likeness (QED) is 0.854. The summed E-state index contributed by atoms with van der Waals surface area (Å²) in [7, 11) is 0. The van der Waals surface area contributed by atoms with Crippen LogP contribution in [0.2, 0.25) is 0 Å². The zero-order valence-electron chi connectivity index (χ0n) is 13.2. The van der Waals surface area contributed by atoms with Crippen molar-refractivity contribution in [2.45, 2.75) is 6.18 Å². The van der Waals surface area contributed by atoms with Crippen molar-refractivity contribution in [1.29, 1.82) is 0 Å². The van der Waals surface area contributed by atoms with Gasteiger partial charge >= 0.3 is 12.2 Å². The van der Waals surface area contributed by atoms with Gasteiger partial charge in [0.25, 0.3) is 5.91 Å². The van der Waals surface area contributed by atoms with E-state index < -0.39 is 23.7 Å². The van der Waals surface area contributed by atoms with E-state index in [0.29, 0.717) is 24.7 Å². The summed E-state index contributed by atoms with van der Waals surface area (Å²) in [5, 5.41) is 4.38. The second-order valence-corrected chi connectivity index (χ2v) is 5.34. The molecule has 0 unspecified atom stereocenters. The minimum atomic E-state index is -4.46. The third kappa shape index (κ3) is 4.05. The van der Waals surface area contributed by atoms with Gasteiger partial charge in [0, 0.05) is 11.3 Å². The molecule has 9 heteroatoms. The number of carbonyl (C=O) groups excluding carboxylic acids is 2. The molecule has 0 aromatic heterocycles. The number of imide groups is 1. The van der Waals surface area contributed by atoms with E-state index in [9.17, 15) is 22.8 Å². The summed E-state index contributed by atoms with van der Waals surface area (Å²) < 4.78 is 48.2. The Hall–Kier alpha value is -3.23. The zero-order chi connectivity index (χ0) is 18.7. The van der Waals surface area contributed by atoms with Crippen LogP contribution in [0.4, 0.5) is 23.7 Å². The number of anilines is 1. The van der Waals surface area contributed by atoms with Gasteiger partial charge in [0.2, 0.25) is 0 Å². The minimum absolute atomic E-state index is 0.116. The van der Waals surface area contributed by atoms with Gasteiger partial charge in [-0.2, -0.15) is 13.2 Å². The highest BCUT2D eigenvalue weighted by Gasteiger charge is 2.30. The number of carbonyl (C=O) groups is 2. The highest BCUT2D eigenvalue weighted by Crippen LogP contribution is 2.31. The van der Waals surface area contributed by atoms with Crippen molar-refractivity contribution < 1.29 is 32.2 Å². The fraction of sp³-hybridized carbons (Fsp3) is 0.176. The molecule has 1 heterocycles. The fourth-order valence-corrected chi connectivity index (χ4v) is 2.26. The molecule has 0 bridgehead atoms. The number of halogens is 3. The Kier molecular flexibility index (Phi) is 4.70. The van der Waals surface area contributed by atoms with Gasteiger partial charge in [0.15, 0.2) is 11.5 Å². The molecular weight excluding hydrogens is 353 g/mol. The van der Waals surface area contributed by atoms with Gasteiger partial charge in [-0.25, -0.2) is 4.79 Å². The van der Waals surface area contributed by atoms with Gasteiger partial charge in [-0.3, -0.25) is 10.1 Å². The number of amides is 3. The lowest BCUT2D eigenvalue weighted by Crippen LogP contribution is -2.34. The van der Waals surface area contributed by atoms with Crippen molar-refractivity contribution in [3.8, 4) is 11.5 Å². The molecular formula is C17H13F3N2O4. The van der Waals surface area contributed by atoms with Gasteiger partial charge in [0.1, 0.15) is 13.2 Å². The first kappa shape index (κ1) is 17.6. The largest absolute Gasteiger partial charge is 0.486 e. The molecule has 6 nitrogen and oxygen atoms in total. The first-order valence-corrected chi connectivity index (χ1v) is 7.52. The monoisotopic (exact) mass is 366 g/mol. The number of ether oxygens (including phenoxy) is 2. The van der Waals surface area contributed by atoms with Crippen LogP contribution in [0.25, 0.3) is 0 Å². The van der Waals surface area contributed by atoms with Crippen LogP contribution in [-0.4, -0.2) is 25.2 Å². The average Bonchev–Trinajstić information content (AvgIpc) is 2.61. The van der Waals surface area contributed by atoms with Crippen LogP contribution in [0.15, 0.2) is 42.5 Å². The summed E-state index contributed by atoms with van der Waals surface area (Å²) in [4.78, 5) is 23.9. The van der Waals surface area contributed by atoms with E-state index in [4.69, 9.17) is 9.47 Å². The first-order chi connectivity index (χ1) is 12.3. The molecule has 0 aliphatic carbocycles. The number of hydrogen-bond donors (Lipinski definition) is 2. The van der Waals surface area contributed by atoms with E-state index >= 15 is 0 Å². The van der Waals surface area contributed by atoms with Crippen LogP contribution in [0.3, 0.4) is 0 Å². The van der Waals surface area contributed by atoms with Crippen LogP contribution >= 0.6 is 0 Å². The topological polar surface area (TPSA) is 76.7 Å². The van der Waals surface area contributed by atoms with Crippen molar-refractivity contribution >= 4 is 17.6 Å². The molecule has 26 heavy (non-hydrogen) atoms. The van der Waals surface area contributed by atoms with Gasteiger partial charge in [0.05, 0.1) is 5.56 Å². The summed E-state index contributed by atoms with van der Waals surface area (Å²) in [5.74, 6) is 0.209. The Balaban J connectivity index is 1.62. The van der Waals surface area contributed by atoms with Gasteiger partial charge in [-0.15, -0.1) is 0 Å². The Bertz CT molecular complexity index is 835. The molecule has 1 aliphatic heterocycles. The molecule has 2 aromatic carbocycles. The van der Waals surface area contributed by atoms with Gasteiger partial charge in [-0.1, -0.05) is 0 Å². The van der Waals surface area contributed by atoms with Crippen molar-refractivity contribution in [3.05, 3.63) is 53.6 Å². The number of urea groups is 1. The van der Waals surface area contributed by atoms with E-state index in [1.165, 1.54) is 12.1 Å². The number of nitrogens with one attached hydrogen (secondary N) is 2. The summed E-state index contributed by atoms with van der Waals surface area (Å²) >= 11 is 0. The Morgan fingerprint density at radius 3 is 2.23 bits per heavy atom. The van der Waals surface area contributed by atoms with Crippen molar-refractivity contribution in [2.75, 3.05) is 18.5 Å². The molecule has 0 saturated heterocycles. The summed E-state index contributed by atoms with van der Waals surface area (Å²) in [6.07, 6.45) is -4.46. The molecule has 2 aromatic rings. The van der Waals surface area contributed by atoms with Crippen LogP contribution in [0.5, 0.6) is 11.5 Å². The third-order valence-corrected chi connectivity index (χ3v) is 3.50. The molecule has 0 radical (unpaired) electrons. The maximum atomic E-state index is 12.5. The molecule has 0 fully saturated rings. The minimum Gasteiger partial charge on any atom is -0.486 e. The second-order valence-electron chi connectivity index (χ2n) is 5.34. The standard InChI is InChI=1S/C17H13F3N2O4/c18-17(19,20)11-2-4-12(5-3-11)21-16(24)22-15(23)10-1-6-13-14(9-10)26-8-7-25-13/h1-6,9H,7-8H2,(H2,21,22,23,24). The van der Waals surface area contributed by atoms with Crippen molar-refractivity contribution in [3.63, 3.8) is 0 Å². The SMILES string of the molecule is O=C(NC(=O)c1ccc2c(c1)OCCO2)Nc1ccc(C(F)(F)F)cc1. The zero-order valence-corrected chi connectivity index (χ0v) is 13.2. The summed E-state index contributed by atoms with van der Waals surface area (Å²) in [6, 6.07) is 7.44. The molecule has 0 atom stereocenters. The number of hydrogen-bond acceptors (Lipinski definition) is 4. The van der Waals surface area contributed by atoms with E-state index in [0.717, 1.165) is 24.3 Å². The lowest BCUT2D eigenvalue weighted by molar-refractivity contribution is -0.137. The molecule has 3 rings (SSSR count). The second kappa shape index (κ2) is 6.95. The van der Waals surface area contributed by atoms with E-state index in [1.807, 2.05) is 0 Å². The lowest BCUT2D eigenvalue weighted by Gasteiger charge is -2.18. The highest BCUT2D eigenvalue weighted by molar-refractivity contribution is 6.08. The summed E-state index contributed by atoms with van der Waals surface area (Å²) in [6.45, 7) is 0.764. The van der Waals surface area contributed by atoms with Crippen LogP contribution in [0, 0.1) is 0 Å². The molecule has 0 spiro atoms. The van der Waals surface area contributed by atoms with Gasteiger partial charge in [-0.05, 0) is 42.5 Å². The number of fused-ring (bicyclic) bond motifs is 1. The Morgan fingerprint density at radius 2 is 1.58 bits per heavy atom. The maximum Gasteiger partial charge on any atom is 0.416 e. The Labute approximate surface area is 145 Å². The smallest absolute Gasteiger partial charge is 0.416 e. The van der Waals surface area contributed by atoms with Crippen LogP contribution in [-0.2, 0) is 6.18 Å². The van der Waals surface area contributed by atoms with E-state index in [1.54, 1.807) is 6.07 Å². The van der Waals surface area contributed by atoms with E-state index in [-0.39, 0.29) is 11.3 Å². The number of alkyl halides is 3. The average molecular weight is 366 g/mol. The van der Waals surface area contributed by atoms with E-state index in [2.05, 4.69) is 10.6 Å². The highest BCUT2D eigenvalue weighted by atomic mass is 19.4. The fourth-order valence-electron chi connectivity index (χ4n) is 2.26.